The molecule has 3 aliphatic rings. The fraction of sp³-hybridized carbons (Fsp3) is 0.550. The highest BCUT2D eigenvalue weighted by molar-refractivity contribution is 8.00. The number of piperazine rings is 1. The van der Waals surface area contributed by atoms with E-state index in [1.165, 1.54) is 32.1 Å². The lowest BCUT2D eigenvalue weighted by atomic mass is 9.94. The van der Waals surface area contributed by atoms with E-state index in [2.05, 4.69) is 14.2 Å². The zero-order valence-electron chi connectivity index (χ0n) is 15.4. The quantitative estimate of drug-likeness (QED) is 0.799. The maximum Gasteiger partial charge on any atom is 0.285 e. The molecule has 2 heterocycles. The molecule has 0 aromatic heterocycles. The Bertz CT molecular complexity index is 816. The number of hydrogen-bond acceptors (Lipinski definition) is 4. The first kappa shape index (κ1) is 17.7. The molecule has 26 heavy (non-hydrogen) atoms. The van der Waals surface area contributed by atoms with Gasteiger partial charge >= 0.3 is 0 Å². The Balaban J connectivity index is 1.51. The average molecular weight is 374 g/mol. The summed E-state index contributed by atoms with van der Waals surface area (Å²) in [4.78, 5) is 5.11. The van der Waals surface area contributed by atoms with E-state index in [0.717, 1.165) is 43.4 Å². The van der Waals surface area contributed by atoms with Gasteiger partial charge in [0, 0.05) is 37.8 Å². The molecule has 2 fully saturated rings. The summed E-state index contributed by atoms with van der Waals surface area (Å²) in [6, 6.07) is 10.0. The molecule has 1 aliphatic carbocycles. The summed E-state index contributed by atoms with van der Waals surface area (Å²) in [7, 11) is -3.61. The molecular formula is C20H27N3O2S. The molecule has 1 aromatic rings. The Morgan fingerprint density at radius 3 is 2.27 bits per heavy atom. The minimum Gasteiger partial charge on any atom is -0.353 e. The van der Waals surface area contributed by atoms with Gasteiger partial charge in [-0.2, -0.15) is 8.42 Å². The lowest BCUT2D eigenvalue weighted by molar-refractivity contribution is 0.107. The summed E-state index contributed by atoms with van der Waals surface area (Å²) in [5, 5.41) is 0. The monoisotopic (exact) mass is 373 g/mol. The molecule has 0 N–H and O–H groups in total. The van der Waals surface area contributed by atoms with Crippen LogP contribution in [0.4, 0.5) is 0 Å². The van der Waals surface area contributed by atoms with Gasteiger partial charge in [0.2, 0.25) is 0 Å². The molecule has 0 spiro atoms. The molecule has 0 amide bonds. The summed E-state index contributed by atoms with van der Waals surface area (Å²) in [5.41, 5.74) is 1.51. The standard InChI is InChI=1S/C20H27N3O2S/c1-16-19(17-8-4-2-5-9-17)26(24,25)21-20(16)23-14-12-22(13-15-23)18-10-6-3-7-11-18/h2,4-5,8-9,18H,3,6-7,10-15H2,1H3. The van der Waals surface area contributed by atoms with Crippen molar-refractivity contribution in [1.82, 2.24) is 9.80 Å². The van der Waals surface area contributed by atoms with Crippen molar-refractivity contribution >= 4 is 20.8 Å². The van der Waals surface area contributed by atoms with Gasteiger partial charge in [0.05, 0.1) is 0 Å². The van der Waals surface area contributed by atoms with Crippen LogP contribution in [-0.2, 0) is 10.0 Å². The van der Waals surface area contributed by atoms with E-state index >= 15 is 0 Å². The van der Waals surface area contributed by atoms with Gasteiger partial charge in [-0.15, -0.1) is 4.40 Å². The third kappa shape index (κ3) is 3.32. The highest BCUT2D eigenvalue weighted by atomic mass is 32.2. The van der Waals surface area contributed by atoms with Gasteiger partial charge < -0.3 is 4.90 Å². The molecule has 0 radical (unpaired) electrons. The van der Waals surface area contributed by atoms with E-state index in [9.17, 15) is 8.42 Å². The molecular weight excluding hydrogens is 346 g/mol. The lowest BCUT2D eigenvalue weighted by Crippen LogP contribution is -2.52. The summed E-state index contributed by atoms with van der Waals surface area (Å²) < 4.78 is 29.5. The number of hydrogen-bond donors (Lipinski definition) is 0. The molecule has 140 valence electrons. The molecule has 1 aromatic carbocycles. The minimum absolute atomic E-state index is 0.364. The molecule has 5 nitrogen and oxygen atoms in total. The average Bonchev–Trinajstić information content (AvgIpc) is 2.92. The second kappa shape index (κ2) is 7.16. The van der Waals surface area contributed by atoms with Crippen LogP contribution in [0, 0.1) is 0 Å². The Morgan fingerprint density at radius 2 is 1.62 bits per heavy atom. The molecule has 1 saturated heterocycles. The zero-order chi connectivity index (χ0) is 18.1. The second-order valence-corrected chi connectivity index (χ2v) is 9.07. The largest absolute Gasteiger partial charge is 0.353 e. The number of benzene rings is 1. The van der Waals surface area contributed by atoms with Crippen molar-refractivity contribution < 1.29 is 8.42 Å². The van der Waals surface area contributed by atoms with Crippen molar-refractivity contribution in [3.8, 4) is 0 Å². The fourth-order valence-corrected chi connectivity index (χ4v) is 6.00. The Hall–Kier alpha value is -1.66. The van der Waals surface area contributed by atoms with Gasteiger partial charge in [-0.1, -0.05) is 49.6 Å². The van der Waals surface area contributed by atoms with E-state index in [4.69, 9.17) is 0 Å². The minimum atomic E-state index is -3.61. The summed E-state index contributed by atoms with van der Waals surface area (Å²) in [6.45, 7) is 5.59. The fourth-order valence-electron chi connectivity index (χ4n) is 4.52. The molecule has 0 unspecified atom stereocenters. The predicted octanol–water partition coefficient (Wildman–Crippen LogP) is 3.11. The predicted molar refractivity (Wildman–Crippen MR) is 105 cm³/mol. The maximum absolute atomic E-state index is 12.7. The van der Waals surface area contributed by atoms with Crippen LogP contribution in [0.2, 0.25) is 0 Å². The van der Waals surface area contributed by atoms with Crippen LogP contribution in [0.15, 0.2) is 40.3 Å². The third-order valence-corrected chi connectivity index (χ3v) is 7.35. The number of amidine groups is 1. The third-order valence-electron chi connectivity index (χ3n) is 5.88. The number of rotatable bonds is 2. The van der Waals surface area contributed by atoms with Crippen LogP contribution in [0.5, 0.6) is 0 Å². The van der Waals surface area contributed by atoms with E-state index in [0.29, 0.717) is 10.7 Å². The molecule has 0 bridgehead atoms. The van der Waals surface area contributed by atoms with Gasteiger partial charge in [0.15, 0.2) is 0 Å². The Labute approximate surface area is 156 Å². The lowest BCUT2D eigenvalue weighted by Gasteiger charge is -2.41. The van der Waals surface area contributed by atoms with Gasteiger partial charge in [-0.25, -0.2) is 0 Å². The van der Waals surface area contributed by atoms with Gasteiger partial charge in [0.25, 0.3) is 10.0 Å². The Morgan fingerprint density at radius 1 is 0.962 bits per heavy atom. The van der Waals surface area contributed by atoms with Gasteiger partial charge in [-0.3, -0.25) is 4.90 Å². The van der Waals surface area contributed by atoms with Crippen molar-refractivity contribution in [3.63, 3.8) is 0 Å². The highest BCUT2D eigenvalue weighted by Gasteiger charge is 2.35. The van der Waals surface area contributed by atoms with Crippen molar-refractivity contribution in [2.75, 3.05) is 26.2 Å². The molecule has 1 saturated carbocycles. The van der Waals surface area contributed by atoms with Crippen LogP contribution < -0.4 is 0 Å². The Kier molecular flexibility index (Phi) is 4.88. The first-order chi connectivity index (χ1) is 12.6. The molecule has 6 heteroatoms. The van der Waals surface area contributed by atoms with Crippen molar-refractivity contribution in [2.45, 2.75) is 45.1 Å². The van der Waals surface area contributed by atoms with E-state index in [-0.39, 0.29) is 0 Å². The maximum atomic E-state index is 12.7. The second-order valence-electron chi connectivity index (χ2n) is 7.52. The summed E-state index contributed by atoms with van der Waals surface area (Å²) in [5.74, 6) is 0.646. The van der Waals surface area contributed by atoms with Crippen LogP contribution in [0.3, 0.4) is 0 Å². The number of sulfonamides is 1. The molecule has 0 atom stereocenters. The normalized spacial score (nSPS) is 24.8. The van der Waals surface area contributed by atoms with Crippen molar-refractivity contribution in [1.29, 1.82) is 0 Å². The van der Waals surface area contributed by atoms with Crippen LogP contribution in [-0.4, -0.2) is 56.3 Å². The van der Waals surface area contributed by atoms with E-state index < -0.39 is 10.0 Å². The van der Waals surface area contributed by atoms with E-state index in [1.54, 1.807) is 0 Å². The van der Waals surface area contributed by atoms with Gasteiger partial charge in [0.1, 0.15) is 10.7 Å². The van der Waals surface area contributed by atoms with Crippen molar-refractivity contribution in [2.24, 2.45) is 4.40 Å². The van der Waals surface area contributed by atoms with Crippen LogP contribution in [0.1, 0.15) is 44.6 Å². The van der Waals surface area contributed by atoms with Crippen LogP contribution >= 0.6 is 0 Å². The summed E-state index contributed by atoms with van der Waals surface area (Å²) >= 11 is 0. The first-order valence-electron chi connectivity index (χ1n) is 9.67. The van der Waals surface area contributed by atoms with Crippen LogP contribution in [0.25, 0.3) is 4.91 Å². The first-order valence-corrected chi connectivity index (χ1v) is 11.1. The van der Waals surface area contributed by atoms with Crippen molar-refractivity contribution in [3.05, 3.63) is 41.5 Å². The molecule has 4 rings (SSSR count). The van der Waals surface area contributed by atoms with Gasteiger partial charge in [-0.05, 0) is 25.3 Å². The zero-order valence-corrected chi connectivity index (χ0v) is 16.2. The number of nitrogens with zero attached hydrogens (tertiary/aromatic N) is 3. The van der Waals surface area contributed by atoms with E-state index in [1.807, 2.05) is 37.3 Å². The summed E-state index contributed by atoms with van der Waals surface area (Å²) in [6.07, 6.45) is 6.69. The molecule has 2 aliphatic heterocycles. The topological polar surface area (TPSA) is 53.0 Å². The smallest absolute Gasteiger partial charge is 0.285 e. The highest BCUT2D eigenvalue weighted by Crippen LogP contribution is 2.34. The SMILES string of the molecule is CC1=C(c2ccccc2)S(=O)(=O)N=C1N1CCN(C2CCCCC2)CC1.